The van der Waals surface area contributed by atoms with Crippen molar-refractivity contribution in [2.75, 3.05) is 6.54 Å². The van der Waals surface area contributed by atoms with E-state index in [1.807, 2.05) is 12.3 Å². The van der Waals surface area contributed by atoms with Crippen molar-refractivity contribution in [3.63, 3.8) is 0 Å². The van der Waals surface area contributed by atoms with Crippen LogP contribution in [0.25, 0.3) is 0 Å². The molecule has 16 heavy (non-hydrogen) atoms. The summed E-state index contributed by atoms with van der Waals surface area (Å²) < 4.78 is 0. The maximum atomic E-state index is 12.3. The average Bonchev–Trinajstić information content (AvgIpc) is 2.88. The van der Waals surface area contributed by atoms with E-state index in [1.165, 1.54) is 0 Å². The fraction of sp³-hybridized carbons (Fsp3) is 0.667. The van der Waals surface area contributed by atoms with Crippen LogP contribution in [0.1, 0.15) is 36.4 Å². The fourth-order valence-corrected chi connectivity index (χ4v) is 3.10. The molecule has 0 unspecified atom stereocenters. The average molecular weight is 238 g/mol. The Hall–Kier alpha value is -0.740. The van der Waals surface area contributed by atoms with Gasteiger partial charge in [0, 0.05) is 17.3 Å². The zero-order chi connectivity index (χ0) is 11.6. The van der Waals surface area contributed by atoms with E-state index in [0.717, 1.165) is 36.4 Å². The predicted octanol–water partition coefficient (Wildman–Crippen LogP) is 2.08. The van der Waals surface area contributed by atoms with E-state index in [2.05, 4.69) is 4.98 Å². The highest BCUT2D eigenvalue weighted by Crippen LogP contribution is 2.38. The van der Waals surface area contributed by atoms with Gasteiger partial charge in [-0.25, -0.2) is 4.98 Å². The highest BCUT2D eigenvalue weighted by molar-refractivity contribution is 7.09. The minimum absolute atomic E-state index is 0.239. The number of nitrogens with two attached hydrogens (primary N) is 1. The maximum absolute atomic E-state index is 12.3. The molecule has 1 aliphatic carbocycles. The lowest BCUT2D eigenvalue weighted by Gasteiger charge is -2.24. The van der Waals surface area contributed by atoms with Crippen molar-refractivity contribution in [2.45, 2.75) is 39.0 Å². The second-order valence-electron chi connectivity index (χ2n) is 4.65. The molecule has 0 aliphatic heterocycles. The monoisotopic (exact) mass is 238 g/mol. The van der Waals surface area contributed by atoms with Crippen LogP contribution in [-0.2, 0) is 11.2 Å². The number of carbonyl (C=O) groups is 1. The van der Waals surface area contributed by atoms with E-state index in [-0.39, 0.29) is 11.2 Å². The van der Waals surface area contributed by atoms with E-state index in [0.29, 0.717) is 13.0 Å². The Morgan fingerprint density at radius 3 is 2.75 bits per heavy atom. The second kappa shape index (κ2) is 4.63. The van der Waals surface area contributed by atoms with Gasteiger partial charge in [0.1, 0.15) is 5.78 Å². The number of ketones is 1. The highest BCUT2D eigenvalue weighted by Gasteiger charge is 2.39. The molecule has 4 heteroatoms. The Balaban J connectivity index is 2.07. The highest BCUT2D eigenvalue weighted by atomic mass is 32.1. The molecular weight excluding hydrogens is 220 g/mol. The second-order valence-corrected chi connectivity index (χ2v) is 5.71. The van der Waals surface area contributed by atoms with Crippen LogP contribution in [0.5, 0.6) is 0 Å². The first-order valence-electron chi connectivity index (χ1n) is 5.81. The van der Waals surface area contributed by atoms with Crippen LogP contribution in [-0.4, -0.2) is 17.3 Å². The minimum Gasteiger partial charge on any atom is -0.329 e. The fourth-order valence-electron chi connectivity index (χ4n) is 2.49. The van der Waals surface area contributed by atoms with E-state index >= 15 is 0 Å². The minimum atomic E-state index is -0.239. The molecule has 88 valence electrons. The Morgan fingerprint density at radius 2 is 2.25 bits per heavy atom. The number of carbonyl (C=O) groups excluding carboxylic acids is 1. The molecule has 0 aromatic carbocycles. The molecule has 2 N–H and O–H groups in total. The van der Waals surface area contributed by atoms with Gasteiger partial charge >= 0.3 is 0 Å². The Kier molecular flexibility index (Phi) is 3.40. The molecule has 1 aromatic heterocycles. The van der Waals surface area contributed by atoms with Gasteiger partial charge in [0.15, 0.2) is 0 Å². The number of aryl methyl sites for hydroxylation is 1. The smallest absolute Gasteiger partial charge is 0.146 e. The summed E-state index contributed by atoms with van der Waals surface area (Å²) in [4.78, 5) is 16.6. The molecule has 3 nitrogen and oxygen atoms in total. The molecule has 0 bridgehead atoms. The third-order valence-corrected chi connectivity index (χ3v) is 4.37. The molecule has 0 spiro atoms. The van der Waals surface area contributed by atoms with Crippen LogP contribution in [0.2, 0.25) is 0 Å². The molecule has 1 saturated carbocycles. The van der Waals surface area contributed by atoms with Gasteiger partial charge in [-0.2, -0.15) is 0 Å². The summed E-state index contributed by atoms with van der Waals surface area (Å²) in [5, 5.41) is 3.00. The van der Waals surface area contributed by atoms with Crippen LogP contribution in [0.3, 0.4) is 0 Å². The quantitative estimate of drug-likeness (QED) is 0.873. The van der Waals surface area contributed by atoms with E-state index in [4.69, 9.17) is 5.73 Å². The third-order valence-electron chi connectivity index (χ3n) is 3.55. The van der Waals surface area contributed by atoms with Gasteiger partial charge in [-0.3, -0.25) is 4.79 Å². The summed E-state index contributed by atoms with van der Waals surface area (Å²) in [5.41, 5.74) is 6.46. The molecule has 1 aromatic rings. The van der Waals surface area contributed by atoms with Crippen LogP contribution in [0, 0.1) is 12.3 Å². The van der Waals surface area contributed by atoms with Gasteiger partial charge < -0.3 is 5.73 Å². The summed E-state index contributed by atoms with van der Waals surface area (Å²) >= 11 is 1.60. The summed E-state index contributed by atoms with van der Waals surface area (Å²) in [6, 6.07) is 0. The lowest BCUT2D eigenvalue weighted by atomic mass is 9.80. The van der Waals surface area contributed by atoms with Gasteiger partial charge in [0.2, 0.25) is 0 Å². The van der Waals surface area contributed by atoms with E-state index in [9.17, 15) is 4.79 Å². The largest absolute Gasteiger partial charge is 0.329 e. The van der Waals surface area contributed by atoms with Crippen molar-refractivity contribution in [3.05, 3.63) is 16.1 Å². The lowest BCUT2D eigenvalue weighted by Crippen LogP contribution is -2.37. The molecule has 2 rings (SSSR count). The first-order valence-corrected chi connectivity index (χ1v) is 6.69. The molecule has 1 aliphatic rings. The van der Waals surface area contributed by atoms with Crippen molar-refractivity contribution in [2.24, 2.45) is 11.1 Å². The maximum Gasteiger partial charge on any atom is 0.146 e. The molecule has 0 saturated heterocycles. The Labute approximate surface area is 100 Å². The number of aromatic nitrogens is 1. The number of Topliss-reactive ketones (excluding diaryl/α,β-unsaturated/α-hetero) is 1. The standard InChI is InChI=1S/C12H18N2OS/c1-9-14-10(7-16-9)6-11(15)12(8-13)4-2-3-5-12/h7H,2-6,8,13H2,1H3. The first kappa shape index (κ1) is 11.7. The van der Waals surface area contributed by atoms with Crippen LogP contribution >= 0.6 is 11.3 Å². The number of rotatable bonds is 4. The van der Waals surface area contributed by atoms with Gasteiger partial charge in [-0.05, 0) is 19.8 Å². The van der Waals surface area contributed by atoms with Gasteiger partial charge in [0.25, 0.3) is 0 Å². The van der Waals surface area contributed by atoms with Crippen molar-refractivity contribution in [1.82, 2.24) is 4.98 Å². The third kappa shape index (κ3) is 2.18. The summed E-state index contributed by atoms with van der Waals surface area (Å²) in [6.07, 6.45) is 4.66. The van der Waals surface area contributed by atoms with Gasteiger partial charge in [-0.1, -0.05) is 12.8 Å². The molecule has 0 radical (unpaired) electrons. The molecule has 0 atom stereocenters. The Bertz CT molecular complexity index is 380. The van der Waals surface area contributed by atoms with E-state index < -0.39 is 0 Å². The number of thiazole rings is 1. The summed E-state index contributed by atoms with van der Waals surface area (Å²) in [6.45, 7) is 2.46. The van der Waals surface area contributed by atoms with Crippen LogP contribution in [0.4, 0.5) is 0 Å². The van der Waals surface area contributed by atoms with Crippen LogP contribution in [0.15, 0.2) is 5.38 Å². The zero-order valence-electron chi connectivity index (χ0n) is 9.66. The van der Waals surface area contributed by atoms with Gasteiger partial charge in [0.05, 0.1) is 17.1 Å². The first-order chi connectivity index (χ1) is 7.66. The number of hydrogen-bond acceptors (Lipinski definition) is 4. The van der Waals surface area contributed by atoms with E-state index in [1.54, 1.807) is 11.3 Å². The SMILES string of the molecule is Cc1nc(CC(=O)C2(CN)CCCC2)cs1. The van der Waals surface area contributed by atoms with Crippen molar-refractivity contribution in [1.29, 1.82) is 0 Å². The zero-order valence-corrected chi connectivity index (χ0v) is 10.5. The Morgan fingerprint density at radius 1 is 1.56 bits per heavy atom. The molecule has 1 heterocycles. The van der Waals surface area contributed by atoms with Crippen molar-refractivity contribution < 1.29 is 4.79 Å². The molecule has 1 fully saturated rings. The van der Waals surface area contributed by atoms with Crippen molar-refractivity contribution >= 4 is 17.1 Å². The van der Waals surface area contributed by atoms with Crippen LogP contribution < -0.4 is 5.73 Å². The molecular formula is C12H18N2OS. The summed E-state index contributed by atoms with van der Waals surface area (Å²) in [5.74, 6) is 0.290. The van der Waals surface area contributed by atoms with Gasteiger partial charge in [-0.15, -0.1) is 11.3 Å². The lowest BCUT2D eigenvalue weighted by molar-refractivity contribution is -0.127. The number of hydrogen-bond donors (Lipinski definition) is 1. The topological polar surface area (TPSA) is 56.0 Å². The predicted molar refractivity (Wildman–Crippen MR) is 65.5 cm³/mol. The number of nitrogens with zero attached hydrogens (tertiary/aromatic N) is 1. The summed E-state index contributed by atoms with van der Waals surface area (Å²) in [7, 11) is 0. The molecule has 0 amide bonds. The van der Waals surface area contributed by atoms with Crippen molar-refractivity contribution in [3.8, 4) is 0 Å². The normalized spacial score (nSPS) is 18.9.